The SMILES string of the molecule is COc1ncccc1CNC(=O)c1c[nH]cc1-c1ccc(Cl)s1. The largest absolute Gasteiger partial charge is 0.481 e. The van der Waals surface area contributed by atoms with Crippen LogP contribution in [0.25, 0.3) is 10.4 Å². The molecule has 2 N–H and O–H groups in total. The fraction of sp³-hybridized carbons (Fsp3) is 0.125. The minimum absolute atomic E-state index is 0.170. The highest BCUT2D eigenvalue weighted by Gasteiger charge is 2.16. The van der Waals surface area contributed by atoms with Crippen molar-refractivity contribution in [2.75, 3.05) is 7.11 Å². The number of H-pyrrole nitrogens is 1. The molecule has 0 aliphatic heterocycles. The molecule has 7 heteroatoms. The number of rotatable bonds is 5. The van der Waals surface area contributed by atoms with Crippen LogP contribution in [0.15, 0.2) is 42.9 Å². The first-order valence-corrected chi connectivity index (χ1v) is 8.07. The zero-order valence-electron chi connectivity index (χ0n) is 12.3. The molecule has 3 rings (SSSR count). The molecule has 0 aliphatic carbocycles. The fourth-order valence-electron chi connectivity index (χ4n) is 2.23. The van der Waals surface area contributed by atoms with Gasteiger partial charge in [0.05, 0.1) is 17.0 Å². The number of nitrogens with zero attached hydrogens (tertiary/aromatic N) is 1. The van der Waals surface area contributed by atoms with Gasteiger partial charge < -0.3 is 15.0 Å². The Morgan fingerprint density at radius 1 is 1.39 bits per heavy atom. The minimum atomic E-state index is -0.170. The topological polar surface area (TPSA) is 67.0 Å². The summed E-state index contributed by atoms with van der Waals surface area (Å²) in [5.74, 6) is 0.337. The van der Waals surface area contributed by atoms with Gasteiger partial charge in [-0.05, 0) is 18.2 Å². The maximum absolute atomic E-state index is 12.5. The lowest BCUT2D eigenvalue weighted by Gasteiger charge is -2.08. The second-order valence-electron chi connectivity index (χ2n) is 4.74. The lowest BCUT2D eigenvalue weighted by molar-refractivity contribution is 0.0951. The van der Waals surface area contributed by atoms with Gasteiger partial charge in [-0.1, -0.05) is 17.7 Å². The van der Waals surface area contributed by atoms with E-state index in [-0.39, 0.29) is 5.91 Å². The maximum Gasteiger partial charge on any atom is 0.253 e. The summed E-state index contributed by atoms with van der Waals surface area (Å²) in [6, 6.07) is 7.39. The molecule has 0 spiro atoms. The first kappa shape index (κ1) is 15.6. The number of aromatic nitrogens is 2. The highest BCUT2D eigenvalue weighted by Crippen LogP contribution is 2.33. The van der Waals surface area contributed by atoms with E-state index in [0.29, 0.717) is 22.3 Å². The Bertz CT molecular complexity index is 828. The standard InChI is InChI=1S/C16H14ClN3O2S/c1-22-16-10(3-2-6-19-16)7-20-15(21)12-9-18-8-11(12)13-4-5-14(17)23-13/h2-6,8-9,18H,7H2,1H3,(H,20,21). The summed E-state index contributed by atoms with van der Waals surface area (Å²) in [5, 5.41) is 2.89. The number of carbonyl (C=O) groups excluding carboxylic acids is 1. The van der Waals surface area contributed by atoms with Crippen LogP contribution in [0.3, 0.4) is 0 Å². The molecule has 0 fully saturated rings. The van der Waals surface area contributed by atoms with E-state index in [1.54, 1.807) is 31.8 Å². The summed E-state index contributed by atoms with van der Waals surface area (Å²) in [7, 11) is 1.55. The van der Waals surface area contributed by atoms with E-state index in [0.717, 1.165) is 16.0 Å². The summed E-state index contributed by atoms with van der Waals surface area (Å²) in [5.41, 5.74) is 2.23. The van der Waals surface area contributed by atoms with Crippen LogP contribution in [0.5, 0.6) is 5.88 Å². The number of ether oxygens (including phenoxy) is 1. The number of hydrogen-bond acceptors (Lipinski definition) is 4. The van der Waals surface area contributed by atoms with Crippen LogP contribution in [-0.4, -0.2) is 23.0 Å². The molecule has 0 aromatic carbocycles. The van der Waals surface area contributed by atoms with Crippen molar-refractivity contribution in [3.63, 3.8) is 0 Å². The molecule has 0 unspecified atom stereocenters. The van der Waals surface area contributed by atoms with Crippen molar-refractivity contribution in [1.82, 2.24) is 15.3 Å². The van der Waals surface area contributed by atoms with Gasteiger partial charge in [-0.25, -0.2) is 4.98 Å². The van der Waals surface area contributed by atoms with Crippen LogP contribution >= 0.6 is 22.9 Å². The molecular formula is C16H14ClN3O2S. The second kappa shape index (κ2) is 6.85. The Kier molecular flexibility index (Phi) is 4.64. The second-order valence-corrected chi connectivity index (χ2v) is 6.46. The number of thiophene rings is 1. The third-order valence-corrected chi connectivity index (χ3v) is 4.58. The van der Waals surface area contributed by atoms with Gasteiger partial charge in [0.25, 0.3) is 5.91 Å². The number of aromatic amines is 1. The number of halogens is 1. The van der Waals surface area contributed by atoms with Crippen LogP contribution < -0.4 is 10.1 Å². The third kappa shape index (κ3) is 3.38. The highest BCUT2D eigenvalue weighted by molar-refractivity contribution is 7.19. The summed E-state index contributed by atoms with van der Waals surface area (Å²) < 4.78 is 5.87. The van der Waals surface area contributed by atoms with Gasteiger partial charge in [0.1, 0.15) is 0 Å². The van der Waals surface area contributed by atoms with E-state index in [1.807, 2.05) is 18.2 Å². The van der Waals surface area contributed by atoms with Crippen LogP contribution in [0.1, 0.15) is 15.9 Å². The molecule has 0 atom stereocenters. The first-order chi connectivity index (χ1) is 11.2. The molecule has 0 saturated heterocycles. The van der Waals surface area contributed by atoms with Gasteiger partial charge >= 0.3 is 0 Å². The molecule has 3 aromatic heterocycles. The van der Waals surface area contributed by atoms with Crippen molar-refractivity contribution >= 4 is 28.8 Å². The molecule has 0 bridgehead atoms. The van der Waals surface area contributed by atoms with E-state index >= 15 is 0 Å². The van der Waals surface area contributed by atoms with Crippen molar-refractivity contribution in [2.45, 2.75) is 6.54 Å². The lowest BCUT2D eigenvalue weighted by atomic mass is 10.1. The van der Waals surface area contributed by atoms with E-state index in [9.17, 15) is 4.79 Å². The predicted molar refractivity (Wildman–Crippen MR) is 91.1 cm³/mol. The van der Waals surface area contributed by atoms with Gasteiger partial charge in [-0.15, -0.1) is 11.3 Å². The quantitative estimate of drug-likeness (QED) is 0.739. The molecule has 5 nitrogen and oxygen atoms in total. The minimum Gasteiger partial charge on any atom is -0.481 e. The van der Waals surface area contributed by atoms with Gasteiger partial charge in [0.15, 0.2) is 0 Å². The van der Waals surface area contributed by atoms with E-state index in [2.05, 4.69) is 15.3 Å². The number of methoxy groups -OCH3 is 1. The molecule has 23 heavy (non-hydrogen) atoms. The van der Waals surface area contributed by atoms with E-state index in [1.165, 1.54) is 11.3 Å². The Morgan fingerprint density at radius 3 is 3.00 bits per heavy atom. The molecular weight excluding hydrogens is 334 g/mol. The molecule has 0 saturated carbocycles. The highest BCUT2D eigenvalue weighted by atomic mass is 35.5. The molecule has 1 amide bonds. The number of amides is 1. The summed E-state index contributed by atoms with van der Waals surface area (Å²) in [4.78, 5) is 20.5. The number of carbonyl (C=O) groups is 1. The molecule has 118 valence electrons. The third-order valence-electron chi connectivity index (χ3n) is 3.31. The normalized spacial score (nSPS) is 10.5. The van der Waals surface area contributed by atoms with Gasteiger partial charge in [0.2, 0.25) is 5.88 Å². The monoisotopic (exact) mass is 347 g/mol. The smallest absolute Gasteiger partial charge is 0.253 e. The van der Waals surface area contributed by atoms with Crippen molar-refractivity contribution in [3.8, 4) is 16.3 Å². The van der Waals surface area contributed by atoms with Gasteiger partial charge in [-0.2, -0.15) is 0 Å². The lowest BCUT2D eigenvalue weighted by Crippen LogP contribution is -2.23. The van der Waals surface area contributed by atoms with Crippen LogP contribution in [0.4, 0.5) is 0 Å². The maximum atomic E-state index is 12.5. The molecule has 3 aromatic rings. The summed E-state index contributed by atoms with van der Waals surface area (Å²) in [6.45, 7) is 0.339. The Labute approximate surface area is 142 Å². The summed E-state index contributed by atoms with van der Waals surface area (Å²) >= 11 is 7.40. The van der Waals surface area contributed by atoms with Crippen molar-refractivity contribution < 1.29 is 9.53 Å². The van der Waals surface area contributed by atoms with Crippen LogP contribution in [0, 0.1) is 0 Å². The summed E-state index contributed by atoms with van der Waals surface area (Å²) in [6.07, 6.45) is 5.12. The predicted octanol–water partition coefficient (Wildman–Crippen LogP) is 3.73. The zero-order chi connectivity index (χ0) is 16.2. The average Bonchev–Trinajstić information content (AvgIpc) is 3.21. The van der Waals surface area contributed by atoms with E-state index in [4.69, 9.17) is 16.3 Å². The molecule has 3 heterocycles. The van der Waals surface area contributed by atoms with Gasteiger partial charge in [-0.3, -0.25) is 4.79 Å². The molecule has 0 aliphatic rings. The number of nitrogens with one attached hydrogen (secondary N) is 2. The number of pyridine rings is 1. The van der Waals surface area contributed by atoms with E-state index < -0.39 is 0 Å². The van der Waals surface area contributed by atoms with Crippen LogP contribution in [0.2, 0.25) is 4.34 Å². The number of hydrogen-bond donors (Lipinski definition) is 2. The molecule has 0 radical (unpaired) electrons. The Hall–Kier alpha value is -2.31. The fourth-order valence-corrected chi connectivity index (χ4v) is 3.30. The Morgan fingerprint density at radius 2 is 2.26 bits per heavy atom. The average molecular weight is 348 g/mol. The van der Waals surface area contributed by atoms with Crippen molar-refractivity contribution in [3.05, 3.63) is 58.3 Å². The van der Waals surface area contributed by atoms with Crippen molar-refractivity contribution in [1.29, 1.82) is 0 Å². The van der Waals surface area contributed by atoms with Crippen LogP contribution in [-0.2, 0) is 6.54 Å². The first-order valence-electron chi connectivity index (χ1n) is 6.87. The Balaban J connectivity index is 1.76. The van der Waals surface area contributed by atoms with Crippen molar-refractivity contribution in [2.24, 2.45) is 0 Å². The van der Waals surface area contributed by atoms with Gasteiger partial charge in [0, 0.05) is 41.1 Å². The zero-order valence-corrected chi connectivity index (χ0v) is 13.9.